The molecule has 192 valence electrons. The van der Waals surface area contributed by atoms with E-state index in [0.717, 1.165) is 37.2 Å². The van der Waals surface area contributed by atoms with E-state index in [2.05, 4.69) is 37.6 Å². The summed E-state index contributed by atoms with van der Waals surface area (Å²) in [5.74, 6) is 1.29. The third kappa shape index (κ3) is 5.17. The second-order valence-electron chi connectivity index (χ2n) is 9.11. The molecule has 11 nitrogen and oxygen atoms in total. The average Bonchev–Trinajstić information content (AvgIpc) is 3.47. The minimum absolute atomic E-state index is 0.0245. The Hall–Kier alpha value is -4.25. The Morgan fingerprint density at radius 2 is 1.97 bits per heavy atom. The minimum Gasteiger partial charge on any atom is -0.396 e. The van der Waals surface area contributed by atoms with E-state index < -0.39 is 4.92 Å². The van der Waals surface area contributed by atoms with E-state index in [1.807, 2.05) is 19.1 Å². The number of hydrogen-bond donors (Lipinski definition) is 3. The van der Waals surface area contributed by atoms with Crippen LogP contribution in [0.2, 0.25) is 0 Å². The molecule has 1 aliphatic rings. The van der Waals surface area contributed by atoms with Crippen molar-refractivity contribution >= 4 is 33.8 Å². The normalized spacial score (nSPS) is 14.2. The van der Waals surface area contributed by atoms with E-state index in [9.17, 15) is 15.2 Å². The molecule has 3 heterocycles. The number of nitro benzene ring substituents is 1. The van der Waals surface area contributed by atoms with Gasteiger partial charge in [0.2, 0.25) is 5.95 Å². The van der Waals surface area contributed by atoms with Gasteiger partial charge < -0.3 is 20.6 Å². The van der Waals surface area contributed by atoms with Crippen molar-refractivity contribution in [3.63, 3.8) is 0 Å². The number of piperidine rings is 1. The third-order valence-electron chi connectivity index (χ3n) is 6.75. The van der Waals surface area contributed by atoms with Crippen molar-refractivity contribution < 1.29 is 10.0 Å². The summed E-state index contributed by atoms with van der Waals surface area (Å²) in [5, 5.41) is 28.4. The van der Waals surface area contributed by atoms with Gasteiger partial charge in [0.25, 0.3) is 5.69 Å². The number of aliphatic hydroxyl groups excluding tert-OH is 1. The maximum atomic E-state index is 11.8. The Balaban J connectivity index is 1.51. The van der Waals surface area contributed by atoms with Crippen molar-refractivity contribution in [1.82, 2.24) is 19.5 Å². The van der Waals surface area contributed by atoms with Gasteiger partial charge in [-0.15, -0.1) is 0 Å². The van der Waals surface area contributed by atoms with Crippen LogP contribution in [0.4, 0.5) is 22.9 Å². The van der Waals surface area contributed by atoms with Crippen LogP contribution in [-0.2, 0) is 6.54 Å². The molecule has 0 radical (unpaired) electrons. The van der Waals surface area contributed by atoms with Crippen LogP contribution in [0.25, 0.3) is 16.9 Å². The lowest BCUT2D eigenvalue weighted by Crippen LogP contribution is -2.35. The van der Waals surface area contributed by atoms with Crippen molar-refractivity contribution in [2.24, 2.45) is 5.92 Å². The highest BCUT2D eigenvalue weighted by molar-refractivity contribution is 5.95. The summed E-state index contributed by atoms with van der Waals surface area (Å²) >= 11 is 0. The number of para-hydroxylation sites is 1. The van der Waals surface area contributed by atoms with Crippen molar-refractivity contribution in [2.45, 2.75) is 26.3 Å². The molecule has 0 aliphatic carbocycles. The highest BCUT2D eigenvalue weighted by Crippen LogP contribution is 2.34. The van der Waals surface area contributed by atoms with Crippen molar-refractivity contribution in [1.29, 1.82) is 0 Å². The number of nitrogens with one attached hydrogen (secondary N) is 2. The number of aliphatic hydroxyl groups is 1. The van der Waals surface area contributed by atoms with E-state index in [1.165, 1.54) is 6.07 Å². The first kappa shape index (κ1) is 24.4. The van der Waals surface area contributed by atoms with Crippen molar-refractivity contribution in [2.75, 3.05) is 41.8 Å². The molecular formula is C26H30N8O3. The van der Waals surface area contributed by atoms with Gasteiger partial charge in [-0.25, -0.2) is 9.97 Å². The molecule has 1 saturated heterocycles. The summed E-state index contributed by atoms with van der Waals surface area (Å²) in [7, 11) is 0. The van der Waals surface area contributed by atoms with Crippen LogP contribution in [0, 0.1) is 16.0 Å². The average molecular weight is 503 g/mol. The number of hydrogen-bond acceptors (Lipinski definition) is 9. The SMILES string of the molecule is CCNc1cc2nc(-n3ccnc3)nc(NCc3ccccc3N3CCC(CO)CC3)c2cc1[N+](=O)[O-]. The Labute approximate surface area is 214 Å². The van der Waals surface area contributed by atoms with Gasteiger partial charge in [-0.05, 0) is 43.4 Å². The summed E-state index contributed by atoms with van der Waals surface area (Å²) < 4.78 is 1.71. The van der Waals surface area contributed by atoms with Crippen LogP contribution in [0.1, 0.15) is 25.3 Å². The van der Waals surface area contributed by atoms with Gasteiger partial charge in [0, 0.05) is 62.3 Å². The summed E-state index contributed by atoms with van der Waals surface area (Å²) in [4.78, 5) is 27.3. The van der Waals surface area contributed by atoms with Gasteiger partial charge in [0.05, 0.1) is 10.4 Å². The Morgan fingerprint density at radius 3 is 2.68 bits per heavy atom. The predicted octanol–water partition coefficient (Wildman–Crippen LogP) is 3.98. The second kappa shape index (κ2) is 10.8. The monoisotopic (exact) mass is 502 g/mol. The van der Waals surface area contributed by atoms with Gasteiger partial charge in [0.1, 0.15) is 17.8 Å². The lowest BCUT2D eigenvalue weighted by molar-refractivity contribution is -0.383. The fourth-order valence-electron chi connectivity index (χ4n) is 4.77. The van der Waals surface area contributed by atoms with Gasteiger partial charge in [-0.1, -0.05) is 18.2 Å². The summed E-state index contributed by atoms with van der Waals surface area (Å²) in [6.45, 7) is 4.93. The standard InChI is InChI=1S/C26H30N8O3/c1-2-28-22-14-21-20(13-24(22)34(36)37)25(31-26(30-21)33-12-9-27-17-33)29-15-19-5-3-4-6-23(19)32-10-7-18(16-35)8-11-32/h3-6,9,12-14,17-18,28,35H,2,7-8,10-11,15-16H2,1H3,(H,29,30,31). The Kier molecular flexibility index (Phi) is 7.13. The van der Waals surface area contributed by atoms with Gasteiger partial charge in [-0.3, -0.25) is 14.7 Å². The maximum absolute atomic E-state index is 11.8. The lowest BCUT2D eigenvalue weighted by atomic mass is 9.97. The predicted molar refractivity (Wildman–Crippen MR) is 143 cm³/mol. The highest BCUT2D eigenvalue weighted by atomic mass is 16.6. The molecule has 0 saturated carbocycles. The van der Waals surface area contributed by atoms with Crippen LogP contribution < -0.4 is 15.5 Å². The molecule has 0 bridgehead atoms. The number of aromatic nitrogens is 4. The third-order valence-corrected chi connectivity index (χ3v) is 6.75. The van der Waals surface area contributed by atoms with Crippen LogP contribution >= 0.6 is 0 Å². The van der Waals surface area contributed by atoms with Crippen LogP contribution in [0.5, 0.6) is 0 Å². The number of imidazole rings is 1. The Morgan fingerprint density at radius 1 is 1.16 bits per heavy atom. The number of benzene rings is 2. The van der Waals surface area contributed by atoms with E-state index >= 15 is 0 Å². The number of anilines is 3. The topological polar surface area (TPSA) is 134 Å². The highest BCUT2D eigenvalue weighted by Gasteiger charge is 2.22. The molecule has 4 aromatic rings. The Bertz CT molecular complexity index is 1380. The first-order valence-electron chi connectivity index (χ1n) is 12.5. The van der Waals surface area contributed by atoms with Crippen LogP contribution in [-0.4, -0.2) is 55.8 Å². The summed E-state index contributed by atoms with van der Waals surface area (Å²) in [6.07, 6.45) is 6.94. The molecule has 3 N–H and O–H groups in total. The smallest absolute Gasteiger partial charge is 0.293 e. The molecule has 1 fully saturated rings. The zero-order valence-corrected chi connectivity index (χ0v) is 20.7. The number of rotatable bonds is 9. The number of nitro groups is 1. The molecule has 11 heteroatoms. The summed E-state index contributed by atoms with van der Waals surface area (Å²) in [5.41, 5.74) is 3.21. The number of fused-ring (bicyclic) bond motifs is 1. The zero-order valence-electron chi connectivity index (χ0n) is 20.7. The van der Waals surface area contributed by atoms with E-state index in [-0.39, 0.29) is 12.3 Å². The summed E-state index contributed by atoms with van der Waals surface area (Å²) in [6, 6.07) is 11.4. The molecule has 0 spiro atoms. The number of nitrogens with zero attached hydrogens (tertiary/aromatic N) is 6. The molecule has 1 aliphatic heterocycles. The van der Waals surface area contributed by atoms with Crippen molar-refractivity contribution in [3.8, 4) is 5.95 Å². The van der Waals surface area contributed by atoms with Gasteiger partial charge in [0.15, 0.2) is 0 Å². The van der Waals surface area contributed by atoms with Crippen LogP contribution in [0.3, 0.4) is 0 Å². The lowest BCUT2D eigenvalue weighted by Gasteiger charge is -2.34. The second-order valence-corrected chi connectivity index (χ2v) is 9.11. The van der Waals surface area contributed by atoms with E-state index in [0.29, 0.717) is 47.4 Å². The van der Waals surface area contributed by atoms with Gasteiger partial charge >= 0.3 is 0 Å². The largest absolute Gasteiger partial charge is 0.396 e. The molecular weight excluding hydrogens is 472 g/mol. The molecule has 2 aromatic carbocycles. The van der Waals surface area contributed by atoms with Crippen molar-refractivity contribution in [3.05, 3.63) is 70.8 Å². The molecule has 2 aromatic heterocycles. The fraction of sp³-hybridized carbons (Fsp3) is 0.346. The van der Waals surface area contributed by atoms with E-state index in [4.69, 9.17) is 4.98 Å². The first-order chi connectivity index (χ1) is 18.1. The maximum Gasteiger partial charge on any atom is 0.293 e. The molecule has 0 amide bonds. The molecule has 0 atom stereocenters. The molecule has 37 heavy (non-hydrogen) atoms. The minimum atomic E-state index is -0.393. The first-order valence-corrected chi connectivity index (χ1v) is 12.5. The van der Waals surface area contributed by atoms with E-state index in [1.54, 1.807) is 29.4 Å². The quantitative estimate of drug-likeness (QED) is 0.229. The molecule has 5 rings (SSSR count). The fourth-order valence-corrected chi connectivity index (χ4v) is 4.77. The van der Waals surface area contributed by atoms with Gasteiger partial charge in [-0.2, -0.15) is 4.98 Å². The molecule has 0 unspecified atom stereocenters. The van der Waals surface area contributed by atoms with Crippen LogP contribution in [0.15, 0.2) is 55.1 Å². The zero-order chi connectivity index (χ0) is 25.8.